The Morgan fingerprint density at radius 1 is 0.781 bits per heavy atom. The first kappa shape index (κ1) is 44.6. The molecule has 0 saturated carbocycles. The Balaban J connectivity index is 0.796. The van der Waals surface area contributed by atoms with Crippen molar-refractivity contribution >= 4 is 68.2 Å². The summed E-state index contributed by atoms with van der Waals surface area (Å²) in [5.74, 6) is -2.40. The maximum absolute atomic E-state index is 15.6. The summed E-state index contributed by atoms with van der Waals surface area (Å²) in [6.07, 6.45) is 3.44. The molecule has 4 aliphatic rings. The first-order valence-corrected chi connectivity index (χ1v) is 23.0. The molecule has 19 heteroatoms. The molecule has 3 fully saturated rings. The summed E-state index contributed by atoms with van der Waals surface area (Å²) in [5.41, 5.74) is 3.42. The summed E-state index contributed by atoms with van der Waals surface area (Å²) < 4.78 is 56.8. The maximum atomic E-state index is 15.6. The molecule has 1 atom stereocenters. The summed E-state index contributed by atoms with van der Waals surface area (Å²) in [7, 11) is -3.86. The van der Waals surface area contributed by atoms with E-state index in [1.54, 1.807) is 25.3 Å². The molecule has 338 valence electrons. The third-order valence-electron chi connectivity index (χ3n) is 12.4. The molecule has 4 aliphatic heterocycles. The van der Waals surface area contributed by atoms with E-state index >= 15 is 4.39 Å². The Morgan fingerprint density at radius 3 is 2.14 bits per heavy atom. The average molecular weight is 899 g/mol. The molecule has 16 nitrogen and oxygen atoms in total. The fourth-order valence-electron chi connectivity index (χ4n) is 8.45. The first-order chi connectivity index (χ1) is 30.4. The minimum Gasteiger partial charge on any atom is -0.369 e. The Bertz CT molecular complexity index is 2610. The normalized spacial score (nSPS) is 19.2. The Morgan fingerprint density at radius 2 is 1.45 bits per heavy atom. The van der Waals surface area contributed by atoms with E-state index in [0.717, 1.165) is 81.9 Å². The quantitative estimate of drug-likeness (QED) is 0.131. The number of nitrogens with zero attached hydrogens (tertiary/aromatic N) is 6. The second-order valence-electron chi connectivity index (χ2n) is 17.7. The van der Waals surface area contributed by atoms with Crippen LogP contribution in [0.15, 0.2) is 60.8 Å². The van der Waals surface area contributed by atoms with Crippen molar-refractivity contribution in [3.05, 3.63) is 94.7 Å². The van der Waals surface area contributed by atoms with E-state index in [9.17, 15) is 32.0 Å². The molecular formula is C45H52F2N10O6S. The molecule has 4 amide bonds. The van der Waals surface area contributed by atoms with Gasteiger partial charge in [-0.25, -0.2) is 22.2 Å². The predicted octanol–water partition coefficient (Wildman–Crippen LogP) is 5.49. The highest BCUT2D eigenvalue weighted by molar-refractivity contribution is 7.94. The molecule has 1 aromatic heterocycles. The number of piperazine rings is 1. The number of rotatable bonds is 12. The molecule has 0 spiro atoms. The van der Waals surface area contributed by atoms with E-state index in [1.165, 1.54) is 39.0 Å². The molecule has 5 heterocycles. The number of aryl methyl sites for hydroxylation is 1. The van der Waals surface area contributed by atoms with Crippen LogP contribution in [0.4, 0.5) is 43.3 Å². The number of sulfonamides is 1. The molecule has 0 bridgehead atoms. The van der Waals surface area contributed by atoms with Crippen molar-refractivity contribution in [3.63, 3.8) is 0 Å². The molecule has 3 saturated heterocycles. The van der Waals surface area contributed by atoms with E-state index in [1.807, 2.05) is 18.2 Å². The van der Waals surface area contributed by atoms with Crippen LogP contribution >= 0.6 is 0 Å². The Kier molecular flexibility index (Phi) is 12.4. The van der Waals surface area contributed by atoms with Crippen molar-refractivity contribution in [2.45, 2.75) is 70.1 Å². The van der Waals surface area contributed by atoms with Gasteiger partial charge in [-0.3, -0.25) is 39.0 Å². The van der Waals surface area contributed by atoms with Crippen LogP contribution in [0, 0.1) is 18.6 Å². The monoisotopic (exact) mass is 898 g/mol. The van der Waals surface area contributed by atoms with Crippen molar-refractivity contribution < 1.29 is 36.4 Å². The van der Waals surface area contributed by atoms with Gasteiger partial charge in [0.2, 0.25) is 27.8 Å². The largest absolute Gasteiger partial charge is 0.369 e. The average Bonchev–Trinajstić information content (AvgIpc) is 3.50. The number of nitrogens with one attached hydrogen (secondary N) is 4. The predicted molar refractivity (Wildman–Crippen MR) is 239 cm³/mol. The molecule has 8 rings (SSSR count). The maximum Gasteiger partial charge on any atom is 0.262 e. The van der Waals surface area contributed by atoms with Crippen molar-refractivity contribution in [1.82, 2.24) is 30.0 Å². The van der Waals surface area contributed by atoms with Crippen LogP contribution in [-0.2, 0) is 19.6 Å². The summed E-state index contributed by atoms with van der Waals surface area (Å²) in [5, 5.41) is 8.41. The van der Waals surface area contributed by atoms with Crippen LogP contribution in [-0.4, -0.2) is 120 Å². The zero-order valence-electron chi connectivity index (χ0n) is 36.2. The molecule has 1 unspecified atom stereocenters. The van der Waals surface area contributed by atoms with E-state index < -0.39 is 50.3 Å². The second kappa shape index (κ2) is 17.8. The van der Waals surface area contributed by atoms with Gasteiger partial charge in [-0.05, 0) is 120 Å². The molecule has 3 aromatic carbocycles. The van der Waals surface area contributed by atoms with Gasteiger partial charge >= 0.3 is 0 Å². The van der Waals surface area contributed by atoms with Crippen molar-refractivity contribution in [3.8, 4) is 0 Å². The van der Waals surface area contributed by atoms with E-state index in [0.29, 0.717) is 28.3 Å². The topological polar surface area (TPSA) is 189 Å². The number of anilines is 6. The zero-order chi connectivity index (χ0) is 45.5. The van der Waals surface area contributed by atoms with Crippen LogP contribution < -0.4 is 25.6 Å². The number of carbonyl (C=O) groups is 4. The van der Waals surface area contributed by atoms with Gasteiger partial charge in [-0.2, -0.15) is 4.98 Å². The Hall–Kier alpha value is -6.05. The smallest absolute Gasteiger partial charge is 0.262 e. The van der Waals surface area contributed by atoms with Gasteiger partial charge in [-0.1, -0.05) is 6.07 Å². The minimum absolute atomic E-state index is 0.0727. The number of likely N-dealkylation sites (tertiary alicyclic amines) is 1. The summed E-state index contributed by atoms with van der Waals surface area (Å²) in [4.78, 5) is 67.4. The number of fused-ring (bicyclic) bond motifs is 1. The highest BCUT2D eigenvalue weighted by atomic mass is 32.2. The number of amides is 4. The van der Waals surface area contributed by atoms with Gasteiger partial charge in [0.1, 0.15) is 23.5 Å². The Labute approximate surface area is 370 Å². The highest BCUT2D eigenvalue weighted by Crippen LogP contribution is 2.34. The van der Waals surface area contributed by atoms with Gasteiger partial charge in [0.25, 0.3) is 11.8 Å². The minimum atomic E-state index is -3.86. The lowest BCUT2D eigenvalue weighted by atomic mass is 9.89. The van der Waals surface area contributed by atoms with E-state index in [2.05, 4.69) is 45.3 Å². The lowest BCUT2D eigenvalue weighted by molar-refractivity contribution is -0.136. The number of halogens is 2. The standard InChI is InChI=1S/C45H52F2N10O6S/c1-27-26-48-44(52-40(27)49-30-6-10-35(46)37(24-30)53-64(62,63)45(2,3)4)50-29-5-8-32(36(47)23-29)28-13-15-54(16-14-28)17-18-55-19-21-56(22-20-55)31-7-9-33-34(25-31)43(61)57(42(33)60)38-11-12-39(58)51-41(38)59/h5-10,23-26,28,38,53H,11-22H2,1-4H3,(H,51,58,59)(H2,48,49,50,52). The van der Waals surface area contributed by atoms with Gasteiger partial charge in [0, 0.05) is 74.5 Å². The van der Waals surface area contributed by atoms with Crippen LogP contribution in [0.5, 0.6) is 0 Å². The fraction of sp³-hybridized carbons (Fsp3) is 0.422. The summed E-state index contributed by atoms with van der Waals surface area (Å²) in [6.45, 7) is 13.0. The van der Waals surface area contributed by atoms with Gasteiger partial charge < -0.3 is 20.4 Å². The molecule has 64 heavy (non-hydrogen) atoms. The molecule has 4 aromatic rings. The third kappa shape index (κ3) is 9.42. The van der Waals surface area contributed by atoms with Crippen LogP contribution in [0.1, 0.15) is 84.2 Å². The summed E-state index contributed by atoms with van der Waals surface area (Å²) in [6, 6.07) is 13.3. The number of piperidine rings is 2. The lowest BCUT2D eigenvalue weighted by Crippen LogP contribution is -2.54. The SMILES string of the molecule is Cc1cnc(Nc2ccc(C3CCN(CCN4CCN(c5ccc6c(c5)C(=O)N(C5CCC(=O)NC5=O)C6=O)CC4)CC3)c(F)c2)nc1Nc1ccc(F)c(NS(=O)(=O)C(C)(C)C)c1. The van der Waals surface area contributed by atoms with E-state index in [-0.39, 0.29) is 47.3 Å². The van der Waals surface area contributed by atoms with Gasteiger partial charge in [-0.15, -0.1) is 0 Å². The van der Waals surface area contributed by atoms with Gasteiger partial charge in [0.05, 0.1) is 21.6 Å². The van der Waals surface area contributed by atoms with Crippen LogP contribution in [0.3, 0.4) is 0 Å². The molecule has 0 aliphatic carbocycles. The first-order valence-electron chi connectivity index (χ1n) is 21.5. The van der Waals surface area contributed by atoms with Crippen molar-refractivity contribution in [2.24, 2.45) is 0 Å². The third-order valence-corrected chi connectivity index (χ3v) is 14.5. The molecule has 4 N–H and O–H groups in total. The zero-order valence-corrected chi connectivity index (χ0v) is 37.0. The van der Waals surface area contributed by atoms with E-state index in [4.69, 9.17) is 0 Å². The highest BCUT2D eigenvalue weighted by Gasteiger charge is 2.45. The lowest BCUT2D eigenvalue weighted by Gasteiger charge is -2.38. The van der Waals surface area contributed by atoms with Crippen LogP contribution in [0.25, 0.3) is 0 Å². The molecular weight excluding hydrogens is 847 g/mol. The number of aromatic nitrogens is 2. The number of carbonyl (C=O) groups excluding carboxylic acids is 4. The van der Waals surface area contributed by atoms with Crippen molar-refractivity contribution in [1.29, 1.82) is 0 Å². The fourth-order valence-corrected chi connectivity index (χ4v) is 9.20. The molecule has 0 radical (unpaired) electrons. The summed E-state index contributed by atoms with van der Waals surface area (Å²) >= 11 is 0. The number of benzene rings is 3. The second-order valence-corrected chi connectivity index (χ2v) is 20.2. The number of hydrogen-bond acceptors (Lipinski definition) is 13. The number of imide groups is 2. The van der Waals surface area contributed by atoms with Gasteiger partial charge in [0.15, 0.2) is 0 Å². The number of hydrogen-bond donors (Lipinski definition) is 4. The van der Waals surface area contributed by atoms with Crippen molar-refractivity contribution in [2.75, 3.05) is 72.6 Å². The van der Waals surface area contributed by atoms with Crippen LogP contribution in [0.2, 0.25) is 0 Å².